The van der Waals surface area contributed by atoms with Gasteiger partial charge < -0.3 is 5.32 Å². The first-order valence-electron chi connectivity index (χ1n) is 5.24. The Morgan fingerprint density at radius 3 is 3.13 bits per heavy atom. The number of hydrogen-bond acceptors (Lipinski definition) is 3. The maximum Gasteiger partial charge on any atom is 0.174 e. The van der Waals surface area contributed by atoms with E-state index in [0.717, 1.165) is 24.4 Å². The van der Waals surface area contributed by atoms with E-state index in [4.69, 9.17) is 11.6 Å². The molecule has 0 bridgehead atoms. The van der Waals surface area contributed by atoms with E-state index < -0.39 is 0 Å². The third-order valence-corrected chi connectivity index (χ3v) is 4.13. The lowest BCUT2D eigenvalue weighted by Crippen LogP contribution is -2.30. The van der Waals surface area contributed by atoms with Crippen LogP contribution in [-0.4, -0.2) is 18.9 Å². The summed E-state index contributed by atoms with van der Waals surface area (Å²) in [6.45, 7) is 2.05. The number of ketones is 1. The lowest BCUT2D eigenvalue weighted by atomic mass is 9.94. The second-order valence-corrected chi connectivity index (χ2v) is 5.26. The summed E-state index contributed by atoms with van der Waals surface area (Å²) in [5.41, 5.74) is 0. The molecule has 1 aromatic heterocycles. The maximum atomic E-state index is 11.9. The van der Waals surface area contributed by atoms with Crippen LogP contribution >= 0.6 is 22.9 Å². The Morgan fingerprint density at radius 2 is 2.53 bits per heavy atom. The van der Waals surface area contributed by atoms with Crippen molar-refractivity contribution in [1.82, 2.24) is 5.32 Å². The first-order chi connectivity index (χ1) is 7.27. The van der Waals surface area contributed by atoms with Gasteiger partial charge in [0.2, 0.25) is 0 Å². The highest BCUT2D eigenvalue weighted by Crippen LogP contribution is 2.26. The average molecular weight is 244 g/mol. The van der Waals surface area contributed by atoms with Gasteiger partial charge in [-0.05, 0) is 43.3 Å². The minimum absolute atomic E-state index is 0.198. The van der Waals surface area contributed by atoms with Crippen LogP contribution in [0.1, 0.15) is 28.9 Å². The number of thiophene rings is 1. The van der Waals surface area contributed by atoms with Crippen LogP contribution in [0.3, 0.4) is 0 Å². The van der Waals surface area contributed by atoms with Gasteiger partial charge in [0.15, 0.2) is 5.78 Å². The molecule has 1 atom stereocenters. The Balaban J connectivity index is 1.94. The molecule has 82 valence electrons. The number of hydrogen-bond donors (Lipinski definition) is 1. The molecule has 1 unspecified atom stereocenters. The zero-order valence-electron chi connectivity index (χ0n) is 8.46. The second kappa shape index (κ2) is 5.10. The molecule has 0 saturated carbocycles. The Labute approximate surface area is 98.6 Å². The molecule has 0 amide bonds. The van der Waals surface area contributed by atoms with Crippen LogP contribution in [0.15, 0.2) is 11.4 Å². The summed E-state index contributed by atoms with van der Waals surface area (Å²) in [5.74, 6) is 0.688. The zero-order chi connectivity index (χ0) is 10.7. The first-order valence-corrected chi connectivity index (χ1v) is 6.50. The van der Waals surface area contributed by atoms with Gasteiger partial charge in [0.05, 0.1) is 9.90 Å². The number of halogens is 1. The minimum Gasteiger partial charge on any atom is -0.316 e. The highest BCUT2D eigenvalue weighted by atomic mass is 35.5. The largest absolute Gasteiger partial charge is 0.316 e. The number of rotatable bonds is 3. The van der Waals surface area contributed by atoms with Crippen molar-refractivity contribution >= 4 is 28.7 Å². The summed E-state index contributed by atoms with van der Waals surface area (Å²) in [6.07, 6.45) is 2.96. The molecule has 0 aliphatic carbocycles. The van der Waals surface area contributed by atoms with Crippen LogP contribution in [0.2, 0.25) is 5.02 Å². The molecule has 1 fully saturated rings. The predicted octanol–water partition coefficient (Wildman–Crippen LogP) is 2.97. The predicted molar refractivity (Wildman–Crippen MR) is 63.9 cm³/mol. The SMILES string of the molecule is O=C(CC1CCCNC1)c1sccc1Cl. The molecule has 15 heavy (non-hydrogen) atoms. The van der Waals surface area contributed by atoms with E-state index in [1.54, 1.807) is 6.07 Å². The van der Waals surface area contributed by atoms with E-state index in [-0.39, 0.29) is 5.78 Å². The van der Waals surface area contributed by atoms with Gasteiger partial charge in [0.1, 0.15) is 0 Å². The van der Waals surface area contributed by atoms with Crippen molar-refractivity contribution in [1.29, 1.82) is 0 Å². The monoisotopic (exact) mass is 243 g/mol. The highest BCUT2D eigenvalue weighted by Gasteiger charge is 2.19. The van der Waals surface area contributed by atoms with Crippen LogP contribution in [-0.2, 0) is 0 Å². The molecule has 4 heteroatoms. The Bertz CT molecular complexity index is 344. The average Bonchev–Trinajstić information content (AvgIpc) is 2.66. The van der Waals surface area contributed by atoms with E-state index in [1.807, 2.05) is 5.38 Å². The molecular formula is C11H14ClNOS. The normalized spacial score (nSPS) is 21.5. The number of carbonyl (C=O) groups is 1. The summed E-state index contributed by atoms with van der Waals surface area (Å²) >= 11 is 7.37. The van der Waals surface area contributed by atoms with Crippen LogP contribution in [0.5, 0.6) is 0 Å². The highest BCUT2D eigenvalue weighted by molar-refractivity contribution is 7.12. The molecule has 0 radical (unpaired) electrons. The van der Waals surface area contributed by atoms with Crippen LogP contribution in [0.4, 0.5) is 0 Å². The molecule has 1 aliphatic rings. The van der Waals surface area contributed by atoms with Gasteiger partial charge in [0, 0.05) is 6.42 Å². The first kappa shape index (κ1) is 11.1. The van der Waals surface area contributed by atoms with Gasteiger partial charge in [-0.3, -0.25) is 4.79 Å². The summed E-state index contributed by atoms with van der Waals surface area (Å²) in [5, 5.41) is 5.79. The number of nitrogens with one attached hydrogen (secondary N) is 1. The molecule has 0 spiro atoms. The van der Waals surface area contributed by atoms with E-state index in [0.29, 0.717) is 17.4 Å². The molecule has 1 aliphatic heterocycles. The molecular weight excluding hydrogens is 230 g/mol. The third kappa shape index (κ3) is 2.80. The van der Waals surface area contributed by atoms with Gasteiger partial charge in [-0.15, -0.1) is 11.3 Å². The maximum absolute atomic E-state index is 11.9. The van der Waals surface area contributed by atoms with E-state index in [9.17, 15) is 4.79 Å². The summed E-state index contributed by atoms with van der Waals surface area (Å²) in [7, 11) is 0. The van der Waals surface area contributed by atoms with Gasteiger partial charge in [-0.2, -0.15) is 0 Å². The zero-order valence-corrected chi connectivity index (χ0v) is 10.0. The van der Waals surface area contributed by atoms with Gasteiger partial charge in [0.25, 0.3) is 0 Å². The lowest BCUT2D eigenvalue weighted by Gasteiger charge is -2.21. The molecule has 2 heterocycles. The van der Waals surface area contributed by atoms with E-state index in [1.165, 1.54) is 17.8 Å². The Morgan fingerprint density at radius 1 is 1.67 bits per heavy atom. The molecule has 2 rings (SSSR count). The molecule has 0 aromatic carbocycles. The second-order valence-electron chi connectivity index (χ2n) is 3.94. The fourth-order valence-corrected chi connectivity index (χ4v) is 3.06. The lowest BCUT2D eigenvalue weighted by molar-refractivity contribution is 0.0958. The minimum atomic E-state index is 0.198. The van der Waals surface area contributed by atoms with Crippen LogP contribution < -0.4 is 5.32 Å². The fraction of sp³-hybridized carbons (Fsp3) is 0.545. The van der Waals surface area contributed by atoms with Crippen molar-refractivity contribution in [3.63, 3.8) is 0 Å². The topological polar surface area (TPSA) is 29.1 Å². The van der Waals surface area contributed by atoms with Crippen molar-refractivity contribution in [2.75, 3.05) is 13.1 Å². The quantitative estimate of drug-likeness (QED) is 0.827. The smallest absolute Gasteiger partial charge is 0.174 e. The molecule has 1 N–H and O–H groups in total. The summed E-state index contributed by atoms with van der Waals surface area (Å²) in [4.78, 5) is 12.6. The Hall–Kier alpha value is -0.380. The van der Waals surface area contributed by atoms with Gasteiger partial charge in [-0.1, -0.05) is 11.6 Å². The Kier molecular flexibility index (Phi) is 3.78. The van der Waals surface area contributed by atoms with Gasteiger partial charge >= 0.3 is 0 Å². The fourth-order valence-electron chi connectivity index (χ4n) is 1.95. The van der Waals surface area contributed by atoms with Crippen molar-refractivity contribution in [2.45, 2.75) is 19.3 Å². The van der Waals surface area contributed by atoms with Crippen LogP contribution in [0.25, 0.3) is 0 Å². The third-order valence-electron chi connectivity index (χ3n) is 2.74. The van der Waals surface area contributed by atoms with E-state index >= 15 is 0 Å². The van der Waals surface area contributed by atoms with Gasteiger partial charge in [-0.25, -0.2) is 0 Å². The molecule has 1 aromatic rings. The van der Waals surface area contributed by atoms with E-state index in [2.05, 4.69) is 5.32 Å². The summed E-state index contributed by atoms with van der Waals surface area (Å²) in [6, 6.07) is 1.79. The standard InChI is InChI=1S/C11H14ClNOS/c12-9-3-5-15-11(9)10(14)6-8-2-1-4-13-7-8/h3,5,8,13H,1-2,4,6-7H2. The number of piperidine rings is 1. The van der Waals surface area contributed by atoms with Crippen molar-refractivity contribution in [2.24, 2.45) is 5.92 Å². The van der Waals surface area contributed by atoms with Crippen molar-refractivity contribution in [3.8, 4) is 0 Å². The molecule has 1 saturated heterocycles. The summed E-state index contributed by atoms with van der Waals surface area (Å²) < 4.78 is 0. The molecule has 2 nitrogen and oxygen atoms in total. The van der Waals surface area contributed by atoms with Crippen molar-refractivity contribution < 1.29 is 4.79 Å². The van der Waals surface area contributed by atoms with Crippen LogP contribution in [0, 0.1) is 5.92 Å². The number of Topliss-reactive ketones (excluding diaryl/α,β-unsaturated/α-hetero) is 1. The van der Waals surface area contributed by atoms with Crippen molar-refractivity contribution in [3.05, 3.63) is 21.3 Å². The number of carbonyl (C=O) groups excluding carboxylic acids is 1.